The van der Waals surface area contributed by atoms with Crippen LogP contribution in [-0.2, 0) is 9.53 Å². The molecule has 1 aliphatic heterocycles. The largest absolute Gasteiger partial charge is 0.466 e. The summed E-state index contributed by atoms with van der Waals surface area (Å²) in [6.07, 6.45) is -5.36. The predicted octanol–water partition coefficient (Wildman–Crippen LogP) is 2.78. The van der Waals surface area contributed by atoms with Crippen molar-refractivity contribution in [2.45, 2.75) is 24.9 Å². The summed E-state index contributed by atoms with van der Waals surface area (Å²) < 4.78 is 45.0. The number of urea groups is 1. The van der Waals surface area contributed by atoms with E-state index < -0.39 is 35.9 Å². The van der Waals surface area contributed by atoms with Gasteiger partial charge in [0.2, 0.25) is 0 Å². The first kappa shape index (κ1) is 19.6. The average molecular weight is 401 g/mol. The number of benzene rings is 1. The molecule has 0 saturated carbocycles. The Morgan fingerprint density at radius 2 is 2.04 bits per heavy atom. The summed E-state index contributed by atoms with van der Waals surface area (Å²) >= 11 is 11.9. The predicted molar refractivity (Wildman–Crippen MR) is 82.0 cm³/mol. The molecule has 1 aliphatic rings. The first-order chi connectivity index (χ1) is 11.5. The lowest BCUT2D eigenvalue weighted by molar-refractivity contribution is -0.294. The molecule has 0 unspecified atom stereocenters. The summed E-state index contributed by atoms with van der Waals surface area (Å²) in [5, 5.41) is 13.5. The number of hydrogen-bond acceptors (Lipinski definition) is 4. The number of alkyl halides is 3. The molecule has 0 radical (unpaired) electrons. The molecule has 1 aromatic rings. The molecule has 25 heavy (non-hydrogen) atoms. The minimum Gasteiger partial charge on any atom is -0.466 e. The first-order valence-corrected chi connectivity index (χ1v) is 7.76. The summed E-state index contributed by atoms with van der Waals surface area (Å²) in [4.78, 5) is 23.9. The SMILES string of the molecule is CCOC(=O)[C@@H]1[C@H](c2cccc(Cl)c2Cl)NC(=O)N[C@]1(O)C(F)(F)F. The molecule has 0 bridgehead atoms. The van der Waals surface area contributed by atoms with Gasteiger partial charge in [0, 0.05) is 0 Å². The van der Waals surface area contributed by atoms with Crippen LogP contribution < -0.4 is 10.6 Å². The Morgan fingerprint density at radius 1 is 1.40 bits per heavy atom. The summed E-state index contributed by atoms with van der Waals surface area (Å²) in [5.74, 6) is -3.61. The van der Waals surface area contributed by atoms with E-state index in [9.17, 15) is 27.9 Å². The van der Waals surface area contributed by atoms with E-state index in [1.165, 1.54) is 30.4 Å². The van der Waals surface area contributed by atoms with Gasteiger partial charge in [-0.3, -0.25) is 4.79 Å². The molecule has 1 heterocycles. The van der Waals surface area contributed by atoms with Crippen LogP contribution >= 0.6 is 23.2 Å². The normalized spacial score (nSPS) is 26.6. The number of ether oxygens (including phenoxy) is 1. The van der Waals surface area contributed by atoms with Crippen LogP contribution in [0.2, 0.25) is 10.0 Å². The van der Waals surface area contributed by atoms with E-state index in [0.717, 1.165) is 0 Å². The minimum atomic E-state index is -5.36. The van der Waals surface area contributed by atoms with Crippen molar-refractivity contribution in [2.24, 2.45) is 5.92 Å². The Labute approximate surface area is 150 Å². The van der Waals surface area contributed by atoms with Gasteiger partial charge in [-0.2, -0.15) is 13.2 Å². The maximum atomic E-state index is 13.5. The van der Waals surface area contributed by atoms with Crippen LogP contribution in [0.5, 0.6) is 0 Å². The topological polar surface area (TPSA) is 87.7 Å². The van der Waals surface area contributed by atoms with Crippen molar-refractivity contribution in [1.82, 2.24) is 10.6 Å². The third-order valence-electron chi connectivity index (χ3n) is 3.66. The van der Waals surface area contributed by atoms with Crippen molar-refractivity contribution < 1.29 is 32.6 Å². The Hall–Kier alpha value is -1.71. The van der Waals surface area contributed by atoms with Gasteiger partial charge >= 0.3 is 18.2 Å². The summed E-state index contributed by atoms with van der Waals surface area (Å²) in [6, 6.07) is 1.10. The minimum absolute atomic E-state index is 0.00473. The molecule has 3 N–H and O–H groups in total. The van der Waals surface area contributed by atoms with E-state index in [4.69, 9.17) is 23.2 Å². The van der Waals surface area contributed by atoms with E-state index >= 15 is 0 Å². The van der Waals surface area contributed by atoms with Crippen molar-refractivity contribution in [2.75, 3.05) is 6.61 Å². The lowest BCUT2D eigenvalue weighted by Gasteiger charge is -2.44. The molecule has 1 fully saturated rings. The van der Waals surface area contributed by atoms with Gasteiger partial charge < -0.3 is 20.5 Å². The molecular weight excluding hydrogens is 388 g/mol. The molecule has 0 spiro atoms. The molecule has 2 rings (SSSR count). The van der Waals surface area contributed by atoms with Crippen LogP contribution in [0, 0.1) is 5.92 Å². The van der Waals surface area contributed by atoms with Crippen LogP contribution in [0.15, 0.2) is 18.2 Å². The van der Waals surface area contributed by atoms with E-state index in [1.807, 2.05) is 0 Å². The average Bonchev–Trinajstić information content (AvgIpc) is 2.48. The van der Waals surface area contributed by atoms with Gasteiger partial charge in [0.1, 0.15) is 5.92 Å². The number of halogens is 5. The number of hydrogen-bond donors (Lipinski definition) is 3. The molecular formula is C14H13Cl2F3N2O4. The zero-order chi connectivity index (χ0) is 19.0. The number of nitrogens with one attached hydrogen (secondary N) is 2. The third-order valence-corrected chi connectivity index (χ3v) is 4.50. The molecule has 3 atom stereocenters. The van der Waals surface area contributed by atoms with Gasteiger partial charge in [-0.25, -0.2) is 4.79 Å². The molecule has 0 aromatic heterocycles. The highest BCUT2D eigenvalue weighted by Gasteiger charge is 2.67. The molecule has 6 nitrogen and oxygen atoms in total. The van der Waals surface area contributed by atoms with Crippen LogP contribution in [0.3, 0.4) is 0 Å². The number of rotatable bonds is 3. The zero-order valence-electron chi connectivity index (χ0n) is 12.7. The number of amides is 2. The Kier molecular flexibility index (Phi) is 5.41. The molecule has 138 valence electrons. The van der Waals surface area contributed by atoms with Crippen molar-refractivity contribution in [3.63, 3.8) is 0 Å². The second-order valence-corrected chi connectivity index (χ2v) is 6.00. The quantitative estimate of drug-likeness (QED) is 0.680. The molecule has 11 heteroatoms. The lowest BCUT2D eigenvalue weighted by Crippen LogP contribution is -2.73. The summed E-state index contributed by atoms with van der Waals surface area (Å²) in [7, 11) is 0. The van der Waals surface area contributed by atoms with Crippen LogP contribution in [-0.4, -0.2) is 35.6 Å². The molecule has 1 saturated heterocycles. The van der Waals surface area contributed by atoms with E-state index in [1.54, 1.807) is 0 Å². The second kappa shape index (κ2) is 6.89. The highest BCUT2D eigenvalue weighted by molar-refractivity contribution is 6.42. The van der Waals surface area contributed by atoms with E-state index in [2.05, 4.69) is 10.1 Å². The lowest BCUT2D eigenvalue weighted by atomic mass is 9.82. The highest BCUT2D eigenvalue weighted by Crippen LogP contribution is 2.45. The van der Waals surface area contributed by atoms with Gasteiger partial charge in [0.25, 0.3) is 5.72 Å². The monoisotopic (exact) mass is 400 g/mol. The fourth-order valence-corrected chi connectivity index (χ4v) is 2.98. The Bertz CT molecular complexity index is 701. The molecule has 0 aliphatic carbocycles. The van der Waals surface area contributed by atoms with Crippen LogP contribution in [0.4, 0.5) is 18.0 Å². The van der Waals surface area contributed by atoms with Crippen LogP contribution in [0.25, 0.3) is 0 Å². The fourth-order valence-electron chi connectivity index (χ4n) is 2.56. The van der Waals surface area contributed by atoms with Gasteiger partial charge in [-0.1, -0.05) is 35.3 Å². The summed E-state index contributed by atoms with van der Waals surface area (Å²) in [6.45, 7) is 1.16. The third kappa shape index (κ3) is 3.49. The van der Waals surface area contributed by atoms with Crippen molar-refractivity contribution in [1.29, 1.82) is 0 Å². The van der Waals surface area contributed by atoms with E-state index in [-0.39, 0.29) is 22.2 Å². The number of esters is 1. The zero-order valence-corrected chi connectivity index (χ0v) is 14.2. The standard InChI is InChI=1S/C14H13Cl2F3N2O4/c1-2-25-11(22)8-10(6-4-3-5-7(15)9(6)16)20-12(23)21-13(8,24)14(17,18)19/h3-5,8,10,24H,2H2,1H3,(H2,20,21,23)/t8-,10-,13+/m0/s1. The Morgan fingerprint density at radius 3 is 2.60 bits per heavy atom. The smallest absolute Gasteiger partial charge is 0.437 e. The van der Waals surface area contributed by atoms with Crippen molar-refractivity contribution in [3.05, 3.63) is 33.8 Å². The molecule has 1 aromatic carbocycles. The number of carbonyl (C=O) groups excluding carboxylic acids is 2. The maximum absolute atomic E-state index is 13.5. The second-order valence-electron chi connectivity index (χ2n) is 5.21. The molecule has 2 amide bonds. The van der Waals surface area contributed by atoms with Crippen molar-refractivity contribution >= 4 is 35.2 Å². The fraction of sp³-hybridized carbons (Fsp3) is 0.429. The number of carbonyl (C=O) groups is 2. The first-order valence-electron chi connectivity index (χ1n) is 7.01. The van der Waals surface area contributed by atoms with Gasteiger partial charge in [0.15, 0.2) is 0 Å². The van der Waals surface area contributed by atoms with E-state index in [0.29, 0.717) is 0 Å². The number of aliphatic hydroxyl groups is 1. The van der Waals surface area contributed by atoms with Gasteiger partial charge in [-0.15, -0.1) is 0 Å². The van der Waals surface area contributed by atoms with Gasteiger partial charge in [0.05, 0.1) is 22.7 Å². The maximum Gasteiger partial charge on any atom is 0.437 e. The van der Waals surface area contributed by atoms with Gasteiger partial charge in [-0.05, 0) is 18.6 Å². The van der Waals surface area contributed by atoms with Crippen LogP contribution in [0.1, 0.15) is 18.5 Å². The summed E-state index contributed by atoms with van der Waals surface area (Å²) in [5.41, 5.74) is -3.91. The Balaban J connectivity index is 2.64. The van der Waals surface area contributed by atoms with Crippen molar-refractivity contribution in [3.8, 4) is 0 Å². The highest BCUT2D eigenvalue weighted by atomic mass is 35.5.